The summed E-state index contributed by atoms with van der Waals surface area (Å²) < 4.78 is 19.5. The molecule has 1 fully saturated rings. The average molecular weight is 469 g/mol. The molecule has 8 nitrogen and oxygen atoms in total. The second-order valence-corrected chi connectivity index (χ2v) is 8.82. The van der Waals surface area contributed by atoms with Crippen molar-refractivity contribution in [3.63, 3.8) is 0 Å². The lowest BCUT2D eigenvalue weighted by Gasteiger charge is -2.34. The fourth-order valence-corrected chi connectivity index (χ4v) is 3.60. The van der Waals surface area contributed by atoms with Crippen LogP contribution >= 0.6 is 15.9 Å². The van der Waals surface area contributed by atoms with Crippen molar-refractivity contribution in [2.24, 2.45) is 0 Å². The van der Waals surface area contributed by atoms with Crippen molar-refractivity contribution in [2.45, 2.75) is 45.3 Å². The molecule has 156 valence electrons. The van der Waals surface area contributed by atoms with Crippen molar-refractivity contribution < 1.29 is 18.8 Å². The van der Waals surface area contributed by atoms with Gasteiger partial charge in [-0.3, -0.25) is 10.1 Å². The summed E-state index contributed by atoms with van der Waals surface area (Å²) >= 11 is 3.12. The second-order valence-electron chi connectivity index (χ2n) is 7.97. The number of aromatic nitrogens is 1. The van der Waals surface area contributed by atoms with Crippen LogP contribution in [0.3, 0.4) is 0 Å². The number of benzene rings is 1. The molecule has 1 aromatic heterocycles. The fraction of sp³-hybridized carbons (Fsp3) is 0.474. The summed E-state index contributed by atoms with van der Waals surface area (Å²) in [5.74, 6) is -0.501. The minimum atomic E-state index is -0.603. The van der Waals surface area contributed by atoms with Crippen LogP contribution in [0.25, 0.3) is 10.9 Å². The Morgan fingerprint density at radius 1 is 1.45 bits per heavy atom. The molecule has 10 heteroatoms. The maximum absolute atomic E-state index is 13.9. The van der Waals surface area contributed by atoms with Gasteiger partial charge in [0.25, 0.3) is 0 Å². The van der Waals surface area contributed by atoms with Crippen molar-refractivity contribution in [1.82, 2.24) is 9.88 Å². The van der Waals surface area contributed by atoms with E-state index in [0.717, 1.165) is 19.0 Å². The Morgan fingerprint density at radius 2 is 2.17 bits per heavy atom. The molecule has 1 saturated heterocycles. The third-order valence-electron chi connectivity index (χ3n) is 4.51. The van der Waals surface area contributed by atoms with E-state index >= 15 is 0 Å². The molecule has 2 aromatic rings. The first-order chi connectivity index (χ1) is 13.5. The minimum absolute atomic E-state index is 0.189. The first-order valence-corrected chi connectivity index (χ1v) is 10.0. The van der Waals surface area contributed by atoms with E-state index in [4.69, 9.17) is 4.74 Å². The molecule has 3 rings (SSSR count). The molecule has 0 aliphatic carbocycles. The molecular formula is C19H22BrFN4O4. The number of carbonyl (C=O) groups excluding carboxylic acids is 1. The lowest BCUT2D eigenvalue weighted by atomic mass is 10.0. The van der Waals surface area contributed by atoms with Crippen molar-refractivity contribution in [3.8, 4) is 0 Å². The number of ether oxygens (including phenoxy) is 1. The van der Waals surface area contributed by atoms with Crippen LogP contribution in [0.2, 0.25) is 0 Å². The van der Waals surface area contributed by atoms with Gasteiger partial charge in [0, 0.05) is 30.6 Å². The van der Waals surface area contributed by atoms with E-state index < -0.39 is 22.4 Å². The van der Waals surface area contributed by atoms with Gasteiger partial charge in [-0.05, 0) is 55.6 Å². The quantitative estimate of drug-likeness (QED) is 0.510. The van der Waals surface area contributed by atoms with Crippen LogP contribution in [-0.4, -0.2) is 45.6 Å². The third kappa shape index (κ3) is 4.92. The Labute approximate surface area is 175 Å². The van der Waals surface area contributed by atoms with Gasteiger partial charge in [-0.2, -0.15) is 0 Å². The lowest BCUT2D eigenvalue weighted by molar-refractivity contribution is -0.384. The molecule has 2 heterocycles. The highest BCUT2D eigenvalue weighted by Gasteiger charge is 2.29. The van der Waals surface area contributed by atoms with E-state index in [2.05, 4.69) is 26.2 Å². The summed E-state index contributed by atoms with van der Waals surface area (Å²) in [5.41, 5.74) is -0.241. The predicted octanol–water partition coefficient (Wildman–Crippen LogP) is 4.86. The highest BCUT2D eigenvalue weighted by atomic mass is 79.9. The first-order valence-electron chi connectivity index (χ1n) is 9.22. The second kappa shape index (κ2) is 8.10. The van der Waals surface area contributed by atoms with Gasteiger partial charge in [0.2, 0.25) is 0 Å². The molecular weight excluding hydrogens is 447 g/mol. The SMILES string of the molecule is CC(C)(C)OC(=O)N1CCC[C@@H](Nc2c([N+](=O)[O-])cnc3cc(F)c(Br)cc23)C1. The van der Waals surface area contributed by atoms with Gasteiger partial charge in [-0.15, -0.1) is 0 Å². The van der Waals surface area contributed by atoms with Crippen molar-refractivity contribution in [3.05, 3.63) is 38.7 Å². The first kappa shape index (κ1) is 21.2. The van der Waals surface area contributed by atoms with Crippen LogP contribution in [0, 0.1) is 15.9 Å². The number of nitrogens with one attached hydrogen (secondary N) is 1. The molecule has 0 unspecified atom stereocenters. The Kier molecular flexibility index (Phi) is 5.92. The topological polar surface area (TPSA) is 97.6 Å². The molecule has 29 heavy (non-hydrogen) atoms. The lowest BCUT2D eigenvalue weighted by Crippen LogP contribution is -2.47. The normalized spacial score (nSPS) is 17.3. The van der Waals surface area contributed by atoms with Gasteiger partial charge in [-0.25, -0.2) is 14.2 Å². The van der Waals surface area contributed by atoms with Gasteiger partial charge in [-0.1, -0.05) is 0 Å². The van der Waals surface area contributed by atoms with Crippen LogP contribution < -0.4 is 5.32 Å². The summed E-state index contributed by atoms with van der Waals surface area (Å²) in [6.07, 6.45) is 2.16. The number of hydrogen-bond acceptors (Lipinski definition) is 6. The fourth-order valence-electron chi connectivity index (χ4n) is 3.26. The zero-order valence-electron chi connectivity index (χ0n) is 16.4. The maximum Gasteiger partial charge on any atom is 0.410 e. The smallest absolute Gasteiger partial charge is 0.410 e. The number of nitrogens with zero attached hydrogens (tertiary/aromatic N) is 3. The van der Waals surface area contributed by atoms with E-state index in [9.17, 15) is 19.3 Å². The summed E-state index contributed by atoms with van der Waals surface area (Å²) in [6.45, 7) is 6.30. The zero-order chi connectivity index (χ0) is 21.3. The summed E-state index contributed by atoms with van der Waals surface area (Å²) in [7, 11) is 0. The Bertz CT molecular complexity index is 963. The number of carbonyl (C=O) groups is 1. The molecule has 1 aliphatic rings. The Balaban J connectivity index is 1.90. The number of nitro groups is 1. The summed E-state index contributed by atoms with van der Waals surface area (Å²) in [4.78, 5) is 29.0. The number of likely N-dealkylation sites (tertiary alicyclic amines) is 1. The maximum atomic E-state index is 13.9. The van der Waals surface area contributed by atoms with Crippen molar-refractivity contribution >= 4 is 44.3 Å². The van der Waals surface area contributed by atoms with Gasteiger partial charge in [0.1, 0.15) is 23.3 Å². The molecule has 1 aromatic carbocycles. The van der Waals surface area contributed by atoms with Gasteiger partial charge < -0.3 is 15.0 Å². The largest absolute Gasteiger partial charge is 0.444 e. The molecule has 1 N–H and O–H groups in total. The molecule has 0 bridgehead atoms. The number of hydrogen-bond donors (Lipinski definition) is 1. The number of halogens is 2. The van der Waals surface area contributed by atoms with E-state index in [1.807, 2.05) is 0 Å². The van der Waals surface area contributed by atoms with Crippen LogP contribution in [0.15, 0.2) is 22.8 Å². The van der Waals surface area contributed by atoms with E-state index in [1.165, 1.54) is 12.1 Å². The number of pyridine rings is 1. The third-order valence-corrected chi connectivity index (χ3v) is 5.12. The highest BCUT2D eigenvalue weighted by Crippen LogP contribution is 2.35. The van der Waals surface area contributed by atoms with E-state index in [-0.39, 0.29) is 21.9 Å². The van der Waals surface area contributed by atoms with Crippen molar-refractivity contribution in [2.75, 3.05) is 18.4 Å². The summed E-state index contributed by atoms with van der Waals surface area (Å²) in [5, 5.41) is 15.2. The van der Waals surface area contributed by atoms with Crippen LogP contribution in [-0.2, 0) is 4.74 Å². The number of piperidine rings is 1. The van der Waals surface area contributed by atoms with E-state index in [1.54, 1.807) is 25.7 Å². The Hall–Kier alpha value is -2.49. The highest BCUT2D eigenvalue weighted by molar-refractivity contribution is 9.10. The number of anilines is 1. The molecule has 0 radical (unpaired) electrons. The average Bonchev–Trinajstić information content (AvgIpc) is 2.62. The standard InChI is InChI=1S/C19H22BrFN4O4/c1-19(2,3)29-18(26)24-6-4-5-11(10-24)23-17-12-7-13(20)14(21)8-15(12)22-9-16(17)25(27)28/h7-9,11H,4-6,10H2,1-3H3,(H,22,23)/t11-/m1/s1. The molecule has 1 aliphatic heterocycles. The van der Waals surface area contributed by atoms with Gasteiger partial charge in [0.05, 0.1) is 14.9 Å². The number of rotatable bonds is 3. The monoisotopic (exact) mass is 468 g/mol. The van der Waals surface area contributed by atoms with Crippen LogP contribution in [0.1, 0.15) is 33.6 Å². The molecule has 1 atom stereocenters. The van der Waals surface area contributed by atoms with Crippen LogP contribution in [0.4, 0.5) is 20.6 Å². The molecule has 1 amide bonds. The van der Waals surface area contributed by atoms with E-state index in [0.29, 0.717) is 24.0 Å². The number of amides is 1. The molecule has 0 spiro atoms. The predicted molar refractivity (Wildman–Crippen MR) is 111 cm³/mol. The number of fused-ring (bicyclic) bond motifs is 1. The van der Waals surface area contributed by atoms with Gasteiger partial charge in [0.15, 0.2) is 0 Å². The summed E-state index contributed by atoms with van der Waals surface area (Å²) in [6, 6.07) is 2.48. The Morgan fingerprint density at radius 3 is 2.83 bits per heavy atom. The van der Waals surface area contributed by atoms with Crippen LogP contribution in [0.5, 0.6) is 0 Å². The zero-order valence-corrected chi connectivity index (χ0v) is 18.0. The van der Waals surface area contributed by atoms with Gasteiger partial charge >= 0.3 is 11.8 Å². The minimum Gasteiger partial charge on any atom is -0.444 e. The molecule has 0 saturated carbocycles. The van der Waals surface area contributed by atoms with Crippen molar-refractivity contribution in [1.29, 1.82) is 0 Å².